The molecule has 2 aromatic heterocycles. The van der Waals surface area contributed by atoms with Crippen LogP contribution in [0.4, 0.5) is 5.00 Å². The maximum atomic E-state index is 12.7. The summed E-state index contributed by atoms with van der Waals surface area (Å²) in [6, 6.07) is 10.1. The quantitative estimate of drug-likeness (QED) is 0.347. The van der Waals surface area contributed by atoms with Gasteiger partial charge in [0.25, 0.3) is 0 Å². The summed E-state index contributed by atoms with van der Waals surface area (Å²) in [6.45, 7) is 5.30. The summed E-state index contributed by atoms with van der Waals surface area (Å²) in [5.74, 6) is 1.64. The van der Waals surface area contributed by atoms with Crippen LogP contribution < -0.4 is 10.1 Å². The van der Waals surface area contributed by atoms with Gasteiger partial charge in [-0.1, -0.05) is 18.2 Å². The average molecular weight is 482 g/mol. The van der Waals surface area contributed by atoms with E-state index in [0.717, 1.165) is 48.4 Å². The number of nitriles is 1. The minimum atomic E-state index is -0.138. The Hall–Kier alpha value is -2.83. The van der Waals surface area contributed by atoms with E-state index in [4.69, 9.17) is 4.74 Å². The summed E-state index contributed by atoms with van der Waals surface area (Å²) in [5.41, 5.74) is 2.72. The van der Waals surface area contributed by atoms with Crippen LogP contribution in [0, 0.1) is 11.3 Å². The van der Waals surface area contributed by atoms with Crippen molar-refractivity contribution in [1.82, 2.24) is 14.8 Å². The number of ether oxygens (including phenoxy) is 1. The van der Waals surface area contributed by atoms with E-state index < -0.39 is 0 Å². The van der Waals surface area contributed by atoms with Gasteiger partial charge in [-0.25, -0.2) is 0 Å². The van der Waals surface area contributed by atoms with Gasteiger partial charge >= 0.3 is 0 Å². The number of nitrogens with zero attached hydrogens (tertiary/aromatic N) is 4. The monoisotopic (exact) mass is 481 g/mol. The zero-order valence-electron chi connectivity index (χ0n) is 18.9. The summed E-state index contributed by atoms with van der Waals surface area (Å²) >= 11 is 2.91. The van der Waals surface area contributed by atoms with Crippen molar-refractivity contribution in [2.45, 2.75) is 57.7 Å². The molecule has 2 heterocycles. The molecule has 172 valence electrons. The lowest BCUT2D eigenvalue weighted by Crippen LogP contribution is -2.14. The Labute approximate surface area is 202 Å². The SMILES string of the molecule is CCOc1ccc(-c2nnc(SCC(=O)Nc3sc4c(c3C#N)CCCCC4)n2CC)cc1. The van der Waals surface area contributed by atoms with E-state index in [0.29, 0.717) is 28.9 Å². The van der Waals surface area contributed by atoms with Gasteiger partial charge in [-0.3, -0.25) is 4.79 Å². The highest BCUT2D eigenvalue weighted by Crippen LogP contribution is 2.37. The average Bonchev–Trinajstić information content (AvgIpc) is 3.30. The molecule has 0 unspecified atom stereocenters. The number of hydrogen-bond donors (Lipinski definition) is 1. The number of hydrogen-bond acceptors (Lipinski definition) is 7. The molecule has 1 aromatic carbocycles. The first kappa shape index (κ1) is 23.3. The van der Waals surface area contributed by atoms with Crippen LogP contribution in [0.15, 0.2) is 29.4 Å². The third-order valence-electron chi connectivity index (χ3n) is 5.58. The number of carbonyl (C=O) groups excluding carboxylic acids is 1. The van der Waals surface area contributed by atoms with Gasteiger partial charge in [-0.05, 0) is 69.4 Å². The molecular weight excluding hydrogens is 454 g/mol. The van der Waals surface area contributed by atoms with Gasteiger partial charge in [0, 0.05) is 17.0 Å². The van der Waals surface area contributed by atoms with Crippen LogP contribution in [-0.2, 0) is 24.2 Å². The molecule has 0 atom stereocenters. The Morgan fingerprint density at radius 3 is 2.73 bits per heavy atom. The van der Waals surface area contributed by atoms with Crippen molar-refractivity contribution in [2.75, 3.05) is 17.7 Å². The van der Waals surface area contributed by atoms with Gasteiger partial charge < -0.3 is 14.6 Å². The zero-order valence-corrected chi connectivity index (χ0v) is 20.5. The summed E-state index contributed by atoms with van der Waals surface area (Å²) < 4.78 is 7.51. The van der Waals surface area contributed by atoms with E-state index in [1.807, 2.05) is 42.7 Å². The Morgan fingerprint density at radius 1 is 1.21 bits per heavy atom. The minimum Gasteiger partial charge on any atom is -0.494 e. The van der Waals surface area contributed by atoms with Crippen LogP contribution in [0.25, 0.3) is 11.4 Å². The highest BCUT2D eigenvalue weighted by molar-refractivity contribution is 7.99. The maximum Gasteiger partial charge on any atom is 0.235 e. The number of amides is 1. The van der Waals surface area contributed by atoms with Crippen molar-refractivity contribution in [3.05, 3.63) is 40.3 Å². The molecule has 1 N–H and O–H groups in total. The predicted octanol–water partition coefficient (Wildman–Crippen LogP) is 5.30. The Morgan fingerprint density at radius 2 is 2.00 bits per heavy atom. The number of thioether (sulfide) groups is 1. The smallest absolute Gasteiger partial charge is 0.235 e. The van der Waals surface area contributed by atoms with Crippen molar-refractivity contribution in [2.24, 2.45) is 0 Å². The van der Waals surface area contributed by atoms with Crippen LogP contribution in [0.1, 0.15) is 49.1 Å². The first-order chi connectivity index (χ1) is 16.1. The van der Waals surface area contributed by atoms with E-state index in [1.165, 1.54) is 23.1 Å². The van der Waals surface area contributed by atoms with Crippen LogP contribution in [0.3, 0.4) is 0 Å². The lowest BCUT2D eigenvalue weighted by molar-refractivity contribution is -0.113. The maximum absolute atomic E-state index is 12.7. The topological polar surface area (TPSA) is 92.8 Å². The highest BCUT2D eigenvalue weighted by atomic mass is 32.2. The van der Waals surface area contributed by atoms with E-state index in [-0.39, 0.29) is 11.7 Å². The van der Waals surface area contributed by atoms with E-state index in [2.05, 4.69) is 21.6 Å². The summed E-state index contributed by atoms with van der Waals surface area (Å²) in [7, 11) is 0. The van der Waals surface area contributed by atoms with Crippen molar-refractivity contribution >= 4 is 34.0 Å². The molecule has 4 rings (SSSR count). The molecule has 0 aliphatic heterocycles. The lowest BCUT2D eigenvalue weighted by Gasteiger charge is -2.08. The fourth-order valence-corrected chi connectivity index (χ4v) is 6.06. The first-order valence-electron chi connectivity index (χ1n) is 11.3. The number of fused-ring (bicyclic) bond motifs is 1. The highest BCUT2D eigenvalue weighted by Gasteiger charge is 2.21. The number of aryl methyl sites for hydroxylation is 1. The Kier molecular flexibility index (Phi) is 7.68. The molecule has 9 heteroatoms. The third-order valence-corrected chi connectivity index (χ3v) is 7.75. The molecule has 1 aliphatic carbocycles. The summed E-state index contributed by atoms with van der Waals surface area (Å²) in [5, 5.41) is 22.7. The fraction of sp³-hybridized carbons (Fsp3) is 0.417. The first-order valence-corrected chi connectivity index (χ1v) is 13.1. The van der Waals surface area contributed by atoms with Crippen molar-refractivity contribution in [1.29, 1.82) is 5.26 Å². The molecule has 0 radical (unpaired) electrons. The Bertz CT molecular complexity index is 1160. The number of thiophene rings is 1. The number of carbonyl (C=O) groups is 1. The second-order valence-electron chi connectivity index (χ2n) is 7.73. The largest absolute Gasteiger partial charge is 0.494 e. The van der Waals surface area contributed by atoms with Gasteiger partial charge in [0.1, 0.15) is 16.8 Å². The van der Waals surface area contributed by atoms with Gasteiger partial charge in [0.2, 0.25) is 5.91 Å². The Balaban J connectivity index is 1.43. The summed E-state index contributed by atoms with van der Waals surface area (Å²) in [6.07, 6.45) is 5.36. The van der Waals surface area contributed by atoms with Gasteiger partial charge in [0.15, 0.2) is 11.0 Å². The molecule has 3 aromatic rings. The lowest BCUT2D eigenvalue weighted by atomic mass is 10.1. The molecule has 1 amide bonds. The molecule has 7 nitrogen and oxygen atoms in total. The molecular formula is C24H27N5O2S2. The van der Waals surface area contributed by atoms with E-state index >= 15 is 0 Å². The molecule has 1 aliphatic rings. The van der Waals surface area contributed by atoms with E-state index in [9.17, 15) is 10.1 Å². The number of nitrogens with one attached hydrogen (secondary N) is 1. The van der Waals surface area contributed by atoms with Crippen molar-refractivity contribution in [3.8, 4) is 23.2 Å². The standard InChI is InChI=1S/C24H27N5O2S2/c1-3-29-22(16-10-12-17(13-11-16)31-4-2)27-28-24(29)32-15-21(30)26-23-19(14-25)18-8-6-5-7-9-20(18)33-23/h10-13H,3-9,15H2,1-2H3,(H,26,30). The predicted molar refractivity (Wildman–Crippen MR) is 132 cm³/mol. The molecule has 0 fully saturated rings. The molecule has 0 bridgehead atoms. The van der Waals surface area contributed by atoms with Crippen LogP contribution >= 0.6 is 23.1 Å². The number of aromatic nitrogens is 3. The fourth-order valence-electron chi connectivity index (χ4n) is 4.00. The molecule has 0 spiro atoms. The molecule has 33 heavy (non-hydrogen) atoms. The normalized spacial score (nSPS) is 13.1. The second kappa shape index (κ2) is 10.9. The third kappa shape index (κ3) is 5.23. The summed E-state index contributed by atoms with van der Waals surface area (Å²) in [4.78, 5) is 14.0. The number of benzene rings is 1. The molecule has 0 saturated heterocycles. The molecule has 0 saturated carbocycles. The van der Waals surface area contributed by atoms with Gasteiger partial charge in [0.05, 0.1) is 17.9 Å². The van der Waals surface area contributed by atoms with Gasteiger partial charge in [-0.2, -0.15) is 5.26 Å². The second-order valence-corrected chi connectivity index (χ2v) is 9.77. The van der Waals surface area contributed by atoms with Crippen LogP contribution in [-0.4, -0.2) is 33.0 Å². The number of anilines is 1. The van der Waals surface area contributed by atoms with E-state index in [1.54, 1.807) is 11.3 Å². The van der Waals surface area contributed by atoms with Crippen LogP contribution in [0.2, 0.25) is 0 Å². The number of rotatable bonds is 8. The van der Waals surface area contributed by atoms with Crippen LogP contribution in [0.5, 0.6) is 5.75 Å². The van der Waals surface area contributed by atoms with Gasteiger partial charge in [-0.15, -0.1) is 21.5 Å². The van der Waals surface area contributed by atoms with Crippen molar-refractivity contribution < 1.29 is 9.53 Å². The zero-order chi connectivity index (χ0) is 23.2. The minimum absolute atomic E-state index is 0.138. The van der Waals surface area contributed by atoms with Crippen molar-refractivity contribution in [3.63, 3.8) is 0 Å².